The highest BCUT2D eigenvalue weighted by Gasteiger charge is 2.36. The van der Waals surface area contributed by atoms with Crippen molar-refractivity contribution < 1.29 is 13.5 Å². The number of halogens is 2. The normalized spacial score (nSPS) is 18.1. The molecule has 106 valence electrons. The summed E-state index contributed by atoms with van der Waals surface area (Å²) >= 11 is 6.43. The number of hydrogen-bond donors (Lipinski definition) is 3. The number of hydrogen-bond acceptors (Lipinski definition) is 4. The molecule has 1 fully saturated rings. The second kappa shape index (κ2) is 5.33. The van der Waals surface area contributed by atoms with Crippen molar-refractivity contribution in [2.24, 2.45) is 0 Å². The van der Waals surface area contributed by atoms with Crippen molar-refractivity contribution in [2.45, 2.75) is 29.8 Å². The van der Waals surface area contributed by atoms with Crippen LogP contribution >= 0.6 is 31.9 Å². The lowest BCUT2D eigenvalue weighted by Gasteiger charge is -2.36. The minimum Gasteiger partial charge on any atom is -0.398 e. The molecule has 0 bridgehead atoms. The van der Waals surface area contributed by atoms with Gasteiger partial charge in [0, 0.05) is 15.5 Å². The van der Waals surface area contributed by atoms with Crippen LogP contribution in [0.1, 0.15) is 19.3 Å². The van der Waals surface area contributed by atoms with E-state index in [0.717, 1.165) is 6.42 Å². The Morgan fingerprint density at radius 1 is 1.37 bits per heavy atom. The van der Waals surface area contributed by atoms with Gasteiger partial charge in [0.05, 0.1) is 11.3 Å². The molecule has 0 spiro atoms. The summed E-state index contributed by atoms with van der Waals surface area (Å²) in [6.07, 6.45) is 2.15. The summed E-state index contributed by atoms with van der Waals surface area (Å²) < 4.78 is 27.9. The molecule has 8 heteroatoms. The van der Waals surface area contributed by atoms with Crippen molar-refractivity contribution in [2.75, 3.05) is 12.3 Å². The average Bonchev–Trinajstić information content (AvgIpc) is 2.22. The van der Waals surface area contributed by atoms with Crippen molar-refractivity contribution in [3.05, 3.63) is 21.1 Å². The summed E-state index contributed by atoms with van der Waals surface area (Å²) in [5, 5.41) is 9.93. The first-order chi connectivity index (χ1) is 8.73. The second-order valence-corrected chi connectivity index (χ2v) is 8.18. The highest BCUT2D eigenvalue weighted by atomic mass is 79.9. The van der Waals surface area contributed by atoms with Gasteiger partial charge in [-0.3, -0.25) is 0 Å². The molecule has 1 aliphatic rings. The van der Waals surface area contributed by atoms with E-state index in [9.17, 15) is 13.5 Å². The lowest BCUT2D eigenvalue weighted by molar-refractivity contribution is -0.0270. The molecule has 1 saturated carbocycles. The molecule has 1 aliphatic carbocycles. The van der Waals surface area contributed by atoms with Gasteiger partial charge in [0.1, 0.15) is 4.90 Å². The van der Waals surface area contributed by atoms with Crippen molar-refractivity contribution in [3.8, 4) is 0 Å². The van der Waals surface area contributed by atoms with Crippen molar-refractivity contribution >= 4 is 47.6 Å². The molecule has 0 unspecified atom stereocenters. The molecular weight excluding hydrogens is 400 g/mol. The fraction of sp³-hybridized carbons (Fsp3) is 0.455. The van der Waals surface area contributed by atoms with Crippen molar-refractivity contribution in [3.63, 3.8) is 0 Å². The molecule has 0 aromatic heterocycles. The van der Waals surface area contributed by atoms with Gasteiger partial charge in [-0.1, -0.05) is 15.9 Å². The van der Waals surface area contributed by atoms with Gasteiger partial charge in [0.2, 0.25) is 10.0 Å². The number of nitrogens with one attached hydrogen (secondary N) is 1. The summed E-state index contributed by atoms with van der Waals surface area (Å²) in [4.78, 5) is -0.00127. The number of benzene rings is 1. The third-order valence-corrected chi connectivity index (χ3v) is 6.04. The average molecular weight is 414 g/mol. The van der Waals surface area contributed by atoms with E-state index in [2.05, 4.69) is 36.6 Å². The quantitative estimate of drug-likeness (QED) is 0.658. The SMILES string of the molecule is Nc1cc(Br)cc(Br)c1S(=O)(=O)NCC1(O)CCC1. The van der Waals surface area contributed by atoms with E-state index in [4.69, 9.17) is 5.73 Å². The van der Waals surface area contributed by atoms with Crippen LogP contribution < -0.4 is 10.5 Å². The molecule has 4 N–H and O–H groups in total. The Labute approximate surface area is 128 Å². The minimum absolute atomic E-state index is 0.00127. The summed E-state index contributed by atoms with van der Waals surface area (Å²) in [7, 11) is -3.75. The van der Waals surface area contributed by atoms with E-state index in [1.165, 1.54) is 6.07 Å². The van der Waals surface area contributed by atoms with Crippen LogP contribution in [0, 0.1) is 0 Å². The largest absolute Gasteiger partial charge is 0.398 e. The Morgan fingerprint density at radius 2 is 2.00 bits per heavy atom. The molecular formula is C11H14Br2N2O3S. The first kappa shape index (κ1) is 15.2. The molecule has 0 heterocycles. The van der Waals surface area contributed by atoms with Gasteiger partial charge in [0.15, 0.2) is 0 Å². The number of nitrogens with two attached hydrogens (primary N) is 1. The Kier molecular flexibility index (Phi) is 4.27. The van der Waals surface area contributed by atoms with Gasteiger partial charge in [-0.15, -0.1) is 0 Å². The molecule has 0 atom stereocenters. The first-order valence-corrected chi connectivity index (χ1v) is 8.77. The zero-order chi connectivity index (χ0) is 14.3. The van der Waals surface area contributed by atoms with Crippen LogP contribution in [-0.2, 0) is 10.0 Å². The van der Waals surface area contributed by atoms with Gasteiger partial charge in [-0.25, -0.2) is 13.1 Å². The maximum atomic E-state index is 12.2. The topological polar surface area (TPSA) is 92.4 Å². The maximum Gasteiger partial charge on any atom is 0.243 e. The van der Waals surface area contributed by atoms with Crippen molar-refractivity contribution in [1.82, 2.24) is 4.72 Å². The second-order valence-electron chi connectivity index (χ2n) is 4.71. The molecule has 1 aromatic carbocycles. The van der Waals surface area contributed by atoms with Crippen molar-refractivity contribution in [1.29, 1.82) is 0 Å². The van der Waals surface area contributed by atoms with E-state index in [1.54, 1.807) is 6.07 Å². The van der Waals surface area contributed by atoms with Gasteiger partial charge < -0.3 is 10.8 Å². The van der Waals surface area contributed by atoms with E-state index < -0.39 is 15.6 Å². The summed E-state index contributed by atoms with van der Waals surface area (Å²) in [6.45, 7) is 0.0112. The maximum absolute atomic E-state index is 12.2. The van der Waals surface area contributed by atoms with E-state index in [0.29, 0.717) is 21.8 Å². The standard InChI is InChI=1S/C11H14Br2N2O3S/c12-7-4-8(13)10(9(14)5-7)19(17,18)15-6-11(16)2-1-3-11/h4-5,15-16H,1-3,6,14H2. The summed E-state index contributed by atoms with van der Waals surface area (Å²) in [5.74, 6) is 0. The monoisotopic (exact) mass is 412 g/mol. The Morgan fingerprint density at radius 3 is 2.47 bits per heavy atom. The lowest BCUT2D eigenvalue weighted by Crippen LogP contribution is -2.47. The molecule has 0 radical (unpaired) electrons. The minimum atomic E-state index is -3.75. The molecule has 0 aliphatic heterocycles. The molecule has 19 heavy (non-hydrogen) atoms. The van der Waals surface area contributed by atoms with Crippen LogP contribution in [0.15, 0.2) is 26.0 Å². The van der Waals surface area contributed by atoms with Crippen LogP contribution in [-0.4, -0.2) is 25.7 Å². The Balaban J connectivity index is 2.24. The third kappa shape index (κ3) is 3.30. The highest BCUT2D eigenvalue weighted by Crippen LogP contribution is 2.33. The third-order valence-electron chi connectivity index (χ3n) is 3.18. The van der Waals surface area contributed by atoms with Crippen LogP contribution in [0.4, 0.5) is 5.69 Å². The first-order valence-electron chi connectivity index (χ1n) is 5.70. The number of anilines is 1. The molecule has 2 rings (SSSR count). The molecule has 5 nitrogen and oxygen atoms in total. The molecule has 1 aromatic rings. The fourth-order valence-corrected chi connectivity index (χ4v) is 5.11. The summed E-state index contributed by atoms with van der Waals surface area (Å²) in [5.41, 5.74) is 4.99. The predicted octanol–water partition coefficient (Wildman–Crippen LogP) is 1.99. The summed E-state index contributed by atoms with van der Waals surface area (Å²) in [6, 6.07) is 3.14. The number of aliphatic hydroxyl groups is 1. The van der Waals surface area contributed by atoms with Crippen LogP contribution in [0.25, 0.3) is 0 Å². The highest BCUT2D eigenvalue weighted by molar-refractivity contribution is 9.11. The van der Waals surface area contributed by atoms with Gasteiger partial charge in [-0.2, -0.15) is 0 Å². The van der Waals surface area contributed by atoms with Gasteiger partial charge in [-0.05, 0) is 47.3 Å². The smallest absolute Gasteiger partial charge is 0.243 e. The predicted molar refractivity (Wildman–Crippen MR) is 80.2 cm³/mol. The van der Waals surface area contributed by atoms with Gasteiger partial charge in [0.25, 0.3) is 0 Å². The van der Waals surface area contributed by atoms with Gasteiger partial charge >= 0.3 is 0 Å². The Hall–Kier alpha value is -0.150. The van der Waals surface area contributed by atoms with Crippen LogP contribution in [0.3, 0.4) is 0 Å². The van der Waals surface area contributed by atoms with E-state index in [-0.39, 0.29) is 17.1 Å². The van der Waals surface area contributed by atoms with E-state index in [1.807, 2.05) is 0 Å². The fourth-order valence-electron chi connectivity index (χ4n) is 1.93. The lowest BCUT2D eigenvalue weighted by atomic mass is 9.81. The van der Waals surface area contributed by atoms with Crippen LogP contribution in [0.2, 0.25) is 0 Å². The number of rotatable bonds is 4. The molecule has 0 saturated heterocycles. The number of nitrogen functional groups attached to an aromatic ring is 1. The zero-order valence-corrected chi connectivity index (χ0v) is 14.0. The van der Waals surface area contributed by atoms with Crippen LogP contribution in [0.5, 0.6) is 0 Å². The molecule has 0 amide bonds. The number of sulfonamides is 1. The Bertz CT molecular complexity index is 577. The van der Waals surface area contributed by atoms with E-state index >= 15 is 0 Å². The zero-order valence-electron chi connectivity index (χ0n) is 9.99.